The molecule has 0 radical (unpaired) electrons. The molecule has 8 heteroatoms. The quantitative estimate of drug-likeness (QED) is 0.338. The average Bonchev–Trinajstić information content (AvgIpc) is 3.29. The van der Waals surface area contributed by atoms with E-state index in [-0.39, 0.29) is 25.2 Å². The molecule has 8 nitrogen and oxygen atoms in total. The van der Waals surface area contributed by atoms with Crippen LogP contribution >= 0.6 is 0 Å². The summed E-state index contributed by atoms with van der Waals surface area (Å²) in [5.41, 5.74) is 6.19. The number of nitrogens with zero attached hydrogens (tertiary/aromatic N) is 1. The highest BCUT2D eigenvalue weighted by Crippen LogP contribution is 2.40. The molecule has 4 rings (SSSR count). The van der Waals surface area contributed by atoms with Crippen LogP contribution in [0.1, 0.15) is 30.5 Å². The van der Waals surface area contributed by atoms with E-state index in [1.54, 1.807) is 7.11 Å². The molecule has 182 valence electrons. The average molecular weight is 476 g/mol. The van der Waals surface area contributed by atoms with Gasteiger partial charge >= 0.3 is 12.5 Å². The first-order valence-corrected chi connectivity index (χ1v) is 11.3. The number of methoxy groups -OCH3 is 1. The Bertz CT molecular complexity index is 1230. The van der Waals surface area contributed by atoms with E-state index >= 15 is 0 Å². The van der Waals surface area contributed by atoms with E-state index in [4.69, 9.17) is 19.2 Å². The molecule has 1 unspecified atom stereocenters. The SMILES string of the molecule is COc1cccc(Nc2cccc(C3(c4ccc(OC(C)C)c(C)c4)COC(NOC=O)=N3)c2)c1. The zero-order chi connectivity index (χ0) is 24.8. The number of amidine groups is 1. The van der Waals surface area contributed by atoms with Crippen molar-refractivity contribution in [1.82, 2.24) is 5.48 Å². The van der Waals surface area contributed by atoms with Gasteiger partial charge in [-0.1, -0.05) is 24.3 Å². The van der Waals surface area contributed by atoms with Gasteiger partial charge in [-0.2, -0.15) is 5.48 Å². The zero-order valence-electron chi connectivity index (χ0n) is 20.2. The number of carbonyl (C=O) groups excluding carboxylic acids is 1. The lowest BCUT2D eigenvalue weighted by atomic mass is 9.83. The van der Waals surface area contributed by atoms with Crippen LogP contribution in [0.5, 0.6) is 11.5 Å². The Morgan fingerprint density at radius 2 is 1.77 bits per heavy atom. The summed E-state index contributed by atoms with van der Waals surface area (Å²) >= 11 is 0. The summed E-state index contributed by atoms with van der Waals surface area (Å²) in [6, 6.07) is 21.8. The summed E-state index contributed by atoms with van der Waals surface area (Å²) in [5, 5.41) is 3.42. The van der Waals surface area contributed by atoms with Gasteiger partial charge in [-0.05, 0) is 73.9 Å². The van der Waals surface area contributed by atoms with E-state index < -0.39 is 5.54 Å². The number of ether oxygens (including phenoxy) is 3. The van der Waals surface area contributed by atoms with Crippen molar-refractivity contribution in [3.63, 3.8) is 0 Å². The van der Waals surface area contributed by atoms with Gasteiger partial charge < -0.3 is 24.4 Å². The van der Waals surface area contributed by atoms with Crippen LogP contribution in [0.2, 0.25) is 0 Å². The molecule has 0 aromatic heterocycles. The molecule has 0 spiro atoms. The van der Waals surface area contributed by atoms with Gasteiger partial charge in [0.15, 0.2) is 5.54 Å². The maximum Gasteiger partial charge on any atom is 0.320 e. The van der Waals surface area contributed by atoms with Crippen LogP contribution in [0.15, 0.2) is 71.7 Å². The van der Waals surface area contributed by atoms with Gasteiger partial charge in [0.05, 0.1) is 13.2 Å². The number of hydrogen-bond acceptors (Lipinski definition) is 8. The Morgan fingerprint density at radius 1 is 1.03 bits per heavy atom. The monoisotopic (exact) mass is 475 g/mol. The first kappa shape index (κ1) is 23.9. The molecule has 0 amide bonds. The highest BCUT2D eigenvalue weighted by Gasteiger charge is 2.41. The van der Waals surface area contributed by atoms with Crippen LogP contribution < -0.4 is 20.3 Å². The van der Waals surface area contributed by atoms with Crippen LogP contribution in [0.25, 0.3) is 0 Å². The van der Waals surface area contributed by atoms with Crippen molar-refractivity contribution in [3.8, 4) is 11.5 Å². The molecule has 0 saturated carbocycles. The normalized spacial score (nSPS) is 16.8. The summed E-state index contributed by atoms with van der Waals surface area (Å²) in [4.78, 5) is 20.1. The largest absolute Gasteiger partial charge is 0.497 e. The van der Waals surface area contributed by atoms with Crippen molar-refractivity contribution < 1.29 is 23.8 Å². The minimum atomic E-state index is -0.859. The van der Waals surface area contributed by atoms with Gasteiger partial charge in [-0.25, -0.2) is 4.99 Å². The van der Waals surface area contributed by atoms with Crippen molar-refractivity contribution in [1.29, 1.82) is 0 Å². The molecule has 1 heterocycles. The van der Waals surface area contributed by atoms with E-state index in [0.29, 0.717) is 0 Å². The number of anilines is 2. The number of nitrogens with one attached hydrogen (secondary N) is 2. The molecule has 1 aliphatic rings. The maximum atomic E-state index is 10.7. The summed E-state index contributed by atoms with van der Waals surface area (Å²) < 4.78 is 17.0. The molecule has 35 heavy (non-hydrogen) atoms. The lowest BCUT2D eigenvalue weighted by molar-refractivity contribution is -0.132. The second-order valence-electron chi connectivity index (χ2n) is 8.47. The highest BCUT2D eigenvalue weighted by molar-refractivity contribution is 5.77. The predicted octanol–water partition coefficient (Wildman–Crippen LogP) is 4.84. The molecule has 0 saturated heterocycles. The molecule has 1 aliphatic heterocycles. The number of aryl methyl sites for hydroxylation is 1. The van der Waals surface area contributed by atoms with Gasteiger partial charge in [0.25, 0.3) is 0 Å². The van der Waals surface area contributed by atoms with Gasteiger partial charge in [-0.15, -0.1) is 0 Å². The Morgan fingerprint density at radius 3 is 2.49 bits per heavy atom. The third-order valence-corrected chi connectivity index (χ3v) is 5.62. The fourth-order valence-electron chi connectivity index (χ4n) is 4.01. The smallest absolute Gasteiger partial charge is 0.320 e. The highest BCUT2D eigenvalue weighted by atomic mass is 16.7. The van der Waals surface area contributed by atoms with Crippen LogP contribution in [-0.2, 0) is 19.9 Å². The van der Waals surface area contributed by atoms with Crippen LogP contribution in [0, 0.1) is 6.92 Å². The Hall–Kier alpha value is -4.20. The van der Waals surface area contributed by atoms with E-state index in [9.17, 15) is 4.79 Å². The molecule has 0 aliphatic carbocycles. The Balaban J connectivity index is 1.74. The molecule has 2 N–H and O–H groups in total. The third-order valence-electron chi connectivity index (χ3n) is 5.62. The summed E-state index contributed by atoms with van der Waals surface area (Å²) in [7, 11) is 1.64. The standard InChI is InChI=1S/C27H29N3O5/c1-18(2)35-25-12-11-21(13-19(25)3)27(16-33-26(29-27)30-34-17-31)20-7-5-8-22(14-20)28-23-9-6-10-24(15-23)32-4/h5-15,17-18,28H,16H2,1-4H3,(H,29,30). The molecule has 3 aromatic carbocycles. The zero-order valence-corrected chi connectivity index (χ0v) is 20.2. The molecule has 0 fully saturated rings. The molecule has 3 aromatic rings. The fraction of sp³-hybridized carbons (Fsp3) is 0.259. The fourth-order valence-corrected chi connectivity index (χ4v) is 4.01. The Kier molecular flexibility index (Phi) is 7.10. The first-order valence-electron chi connectivity index (χ1n) is 11.3. The van der Waals surface area contributed by atoms with Crippen LogP contribution in [0.4, 0.5) is 11.4 Å². The van der Waals surface area contributed by atoms with Crippen LogP contribution in [-0.4, -0.2) is 32.3 Å². The summed E-state index contributed by atoms with van der Waals surface area (Å²) in [6.45, 7) is 6.51. The van der Waals surface area contributed by atoms with Crippen LogP contribution in [0.3, 0.4) is 0 Å². The topological polar surface area (TPSA) is 90.4 Å². The number of hydrogen-bond donors (Lipinski definition) is 2. The van der Waals surface area contributed by atoms with Crippen molar-refractivity contribution in [2.75, 3.05) is 19.0 Å². The van der Waals surface area contributed by atoms with Crippen molar-refractivity contribution >= 4 is 23.9 Å². The Labute approximate surface area is 204 Å². The summed E-state index contributed by atoms with van der Waals surface area (Å²) in [5.74, 6) is 1.58. The maximum absolute atomic E-state index is 10.7. The molecular formula is C27H29N3O5. The van der Waals surface area contributed by atoms with Gasteiger partial charge in [-0.3, -0.25) is 4.79 Å². The number of rotatable bonds is 9. The summed E-state index contributed by atoms with van der Waals surface area (Å²) in [6.07, 6.45) is 0.0667. The van der Waals surface area contributed by atoms with Gasteiger partial charge in [0, 0.05) is 17.4 Å². The van der Waals surface area contributed by atoms with Crippen molar-refractivity contribution in [3.05, 3.63) is 83.4 Å². The van der Waals surface area contributed by atoms with E-state index in [1.807, 2.05) is 81.4 Å². The number of aliphatic imine (C=N–C) groups is 1. The van der Waals surface area contributed by atoms with Crippen molar-refractivity contribution in [2.45, 2.75) is 32.4 Å². The molecular weight excluding hydrogens is 446 g/mol. The van der Waals surface area contributed by atoms with E-state index in [1.165, 1.54) is 0 Å². The minimum absolute atomic E-state index is 0.0667. The third kappa shape index (κ3) is 5.32. The lowest BCUT2D eigenvalue weighted by Crippen LogP contribution is -2.27. The molecule has 1 atom stereocenters. The van der Waals surface area contributed by atoms with E-state index in [2.05, 4.69) is 21.7 Å². The number of hydroxylamine groups is 1. The van der Waals surface area contributed by atoms with E-state index in [0.717, 1.165) is 39.6 Å². The predicted molar refractivity (Wildman–Crippen MR) is 134 cm³/mol. The second kappa shape index (κ2) is 10.4. The number of benzene rings is 3. The van der Waals surface area contributed by atoms with Gasteiger partial charge in [0.2, 0.25) is 0 Å². The molecule has 0 bridgehead atoms. The number of carbonyl (C=O) groups is 1. The first-order chi connectivity index (χ1) is 16.9. The lowest BCUT2D eigenvalue weighted by Gasteiger charge is -2.27. The second-order valence-corrected chi connectivity index (χ2v) is 8.47. The van der Waals surface area contributed by atoms with Gasteiger partial charge in [0.1, 0.15) is 18.1 Å². The van der Waals surface area contributed by atoms with Crippen molar-refractivity contribution in [2.24, 2.45) is 4.99 Å². The minimum Gasteiger partial charge on any atom is -0.497 e.